The molecule has 110 valence electrons. The summed E-state index contributed by atoms with van der Waals surface area (Å²) in [4.78, 5) is 6.76. The summed E-state index contributed by atoms with van der Waals surface area (Å²) in [5.74, 6) is 1.49. The molecule has 1 unspecified atom stereocenters. The summed E-state index contributed by atoms with van der Waals surface area (Å²) in [6, 6.07) is 0.830. The van der Waals surface area contributed by atoms with Gasteiger partial charge in [-0.25, -0.2) is 4.98 Å². The fourth-order valence-corrected chi connectivity index (χ4v) is 5.21. The van der Waals surface area contributed by atoms with Crippen molar-refractivity contribution >= 4 is 11.3 Å². The molecule has 1 aromatic heterocycles. The van der Waals surface area contributed by atoms with Gasteiger partial charge in [0.15, 0.2) is 0 Å². The number of thiazole rings is 1. The van der Waals surface area contributed by atoms with Crippen molar-refractivity contribution in [2.24, 2.45) is 0 Å². The summed E-state index contributed by atoms with van der Waals surface area (Å²) < 4.78 is 0. The minimum atomic E-state index is 0.702. The SMILES string of the molecule is C1CCC(c2nc3c(s2)CCCC3CNC2CC2)CC1. The number of aromatic nitrogens is 1. The third-order valence-corrected chi connectivity index (χ3v) is 6.57. The summed E-state index contributed by atoms with van der Waals surface area (Å²) in [5, 5.41) is 5.20. The zero-order valence-electron chi connectivity index (χ0n) is 12.4. The molecule has 0 aromatic carbocycles. The largest absolute Gasteiger partial charge is 0.313 e. The van der Waals surface area contributed by atoms with Crippen LogP contribution in [0.3, 0.4) is 0 Å². The molecule has 20 heavy (non-hydrogen) atoms. The van der Waals surface area contributed by atoms with Gasteiger partial charge in [0.05, 0.1) is 10.7 Å². The highest BCUT2D eigenvalue weighted by Crippen LogP contribution is 2.40. The molecule has 4 rings (SSSR count). The minimum Gasteiger partial charge on any atom is -0.313 e. The number of rotatable bonds is 4. The van der Waals surface area contributed by atoms with Crippen molar-refractivity contribution in [3.05, 3.63) is 15.6 Å². The van der Waals surface area contributed by atoms with Gasteiger partial charge in [-0.15, -0.1) is 11.3 Å². The third-order valence-electron chi connectivity index (χ3n) is 5.27. The normalized spacial score (nSPS) is 27.5. The zero-order valence-corrected chi connectivity index (χ0v) is 13.2. The quantitative estimate of drug-likeness (QED) is 0.891. The highest BCUT2D eigenvalue weighted by atomic mass is 32.1. The van der Waals surface area contributed by atoms with Crippen molar-refractivity contribution < 1.29 is 0 Å². The number of hydrogen-bond donors (Lipinski definition) is 1. The van der Waals surface area contributed by atoms with Gasteiger partial charge in [0.25, 0.3) is 0 Å². The maximum atomic E-state index is 5.13. The van der Waals surface area contributed by atoms with Crippen LogP contribution in [0.1, 0.15) is 85.2 Å². The van der Waals surface area contributed by atoms with E-state index in [1.165, 1.54) is 81.5 Å². The molecular weight excluding hydrogens is 264 g/mol. The summed E-state index contributed by atoms with van der Waals surface area (Å²) in [6.07, 6.45) is 13.8. The lowest BCUT2D eigenvalue weighted by Crippen LogP contribution is -2.25. The van der Waals surface area contributed by atoms with Gasteiger partial charge in [0.2, 0.25) is 0 Å². The standard InChI is InChI=1S/C17H26N2S/c1-2-5-12(6-3-1)17-19-16-13(11-18-14-9-10-14)7-4-8-15(16)20-17/h12-14,18H,1-11H2. The molecular formula is C17H26N2S. The first kappa shape index (κ1) is 13.3. The zero-order chi connectivity index (χ0) is 13.4. The van der Waals surface area contributed by atoms with Crippen LogP contribution in [0.15, 0.2) is 0 Å². The van der Waals surface area contributed by atoms with Gasteiger partial charge in [0, 0.05) is 29.3 Å². The fourth-order valence-electron chi connectivity index (χ4n) is 3.85. The fraction of sp³-hybridized carbons (Fsp3) is 0.824. The van der Waals surface area contributed by atoms with Crippen LogP contribution >= 0.6 is 11.3 Å². The molecule has 3 heteroatoms. The second kappa shape index (κ2) is 5.76. The van der Waals surface area contributed by atoms with E-state index >= 15 is 0 Å². The Balaban J connectivity index is 1.49. The smallest absolute Gasteiger partial charge is 0.0962 e. The van der Waals surface area contributed by atoms with E-state index in [0.717, 1.165) is 12.0 Å². The van der Waals surface area contributed by atoms with Gasteiger partial charge >= 0.3 is 0 Å². The molecule has 0 saturated heterocycles. The minimum absolute atomic E-state index is 0.702. The molecule has 1 atom stereocenters. The summed E-state index contributed by atoms with van der Waals surface area (Å²) in [7, 11) is 0. The predicted molar refractivity (Wildman–Crippen MR) is 84.6 cm³/mol. The lowest BCUT2D eigenvalue weighted by atomic mass is 9.89. The number of nitrogens with one attached hydrogen (secondary N) is 1. The molecule has 2 saturated carbocycles. The highest BCUT2D eigenvalue weighted by molar-refractivity contribution is 7.11. The Bertz CT molecular complexity index is 458. The Labute approximate surface area is 126 Å². The molecule has 0 radical (unpaired) electrons. The molecule has 0 amide bonds. The summed E-state index contributed by atoms with van der Waals surface area (Å²) >= 11 is 2.06. The molecule has 2 nitrogen and oxygen atoms in total. The molecule has 3 aliphatic rings. The lowest BCUT2D eigenvalue weighted by Gasteiger charge is -2.21. The van der Waals surface area contributed by atoms with Crippen LogP contribution in [0, 0.1) is 0 Å². The van der Waals surface area contributed by atoms with Crippen LogP contribution in [-0.2, 0) is 6.42 Å². The van der Waals surface area contributed by atoms with Gasteiger partial charge in [0.1, 0.15) is 0 Å². The summed E-state index contributed by atoms with van der Waals surface area (Å²) in [6.45, 7) is 1.17. The molecule has 0 bridgehead atoms. The van der Waals surface area contributed by atoms with Crippen molar-refractivity contribution in [2.45, 2.75) is 82.1 Å². The van der Waals surface area contributed by atoms with Gasteiger partial charge < -0.3 is 5.32 Å². The third kappa shape index (κ3) is 2.80. The van der Waals surface area contributed by atoms with Crippen molar-refractivity contribution in [1.29, 1.82) is 0 Å². The topological polar surface area (TPSA) is 24.9 Å². The average molecular weight is 290 g/mol. The number of nitrogens with zero attached hydrogens (tertiary/aromatic N) is 1. The molecule has 1 heterocycles. The van der Waals surface area contributed by atoms with Crippen LogP contribution in [-0.4, -0.2) is 17.6 Å². The molecule has 1 N–H and O–H groups in total. The van der Waals surface area contributed by atoms with Crippen molar-refractivity contribution in [3.63, 3.8) is 0 Å². The van der Waals surface area contributed by atoms with Gasteiger partial charge in [-0.1, -0.05) is 19.3 Å². The second-order valence-corrected chi connectivity index (χ2v) is 8.08. The van der Waals surface area contributed by atoms with E-state index in [1.54, 1.807) is 4.88 Å². The van der Waals surface area contributed by atoms with E-state index in [0.29, 0.717) is 5.92 Å². The van der Waals surface area contributed by atoms with E-state index in [9.17, 15) is 0 Å². The highest BCUT2D eigenvalue weighted by Gasteiger charge is 2.29. The maximum absolute atomic E-state index is 5.13. The first-order chi connectivity index (χ1) is 9.90. The molecule has 0 aliphatic heterocycles. The number of hydrogen-bond acceptors (Lipinski definition) is 3. The Morgan fingerprint density at radius 1 is 1.00 bits per heavy atom. The van der Waals surface area contributed by atoms with Crippen molar-refractivity contribution in [1.82, 2.24) is 10.3 Å². The number of fused-ring (bicyclic) bond motifs is 1. The Morgan fingerprint density at radius 3 is 2.65 bits per heavy atom. The van der Waals surface area contributed by atoms with E-state index in [1.807, 2.05) is 0 Å². The van der Waals surface area contributed by atoms with Crippen LogP contribution in [0.25, 0.3) is 0 Å². The first-order valence-corrected chi connectivity index (χ1v) is 9.44. The summed E-state index contributed by atoms with van der Waals surface area (Å²) in [5.41, 5.74) is 1.48. The van der Waals surface area contributed by atoms with E-state index < -0.39 is 0 Å². The Hall–Kier alpha value is -0.410. The second-order valence-electron chi connectivity index (χ2n) is 6.97. The van der Waals surface area contributed by atoms with Crippen molar-refractivity contribution in [3.8, 4) is 0 Å². The van der Waals surface area contributed by atoms with Crippen molar-refractivity contribution in [2.75, 3.05) is 6.54 Å². The van der Waals surface area contributed by atoms with Crippen LogP contribution in [0.4, 0.5) is 0 Å². The van der Waals surface area contributed by atoms with Crippen LogP contribution < -0.4 is 5.32 Å². The van der Waals surface area contributed by atoms with E-state index in [-0.39, 0.29) is 0 Å². The van der Waals surface area contributed by atoms with Gasteiger partial charge in [-0.05, 0) is 44.9 Å². The monoisotopic (exact) mass is 290 g/mol. The van der Waals surface area contributed by atoms with Crippen LogP contribution in [0.2, 0.25) is 0 Å². The predicted octanol–water partition coefficient (Wildman–Crippen LogP) is 4.36. The molecule has 1 aromatic rings. The average Bonchev–Trinajstić information content (AvgIpc) is 3.22. The lowest BCUT2D eigenvalue weighted by molar-refractivity contribution is 0.439. The van der Waals surface area contributed by atoms with E-state index in [2.05, 4.69) is 16.7 Å². The molecule has 0 spiro atoms. The van der Waals surface area contributed by atoms with Gasteiger partial charge in [-0.2, -0.15) is 0 Å². The maximum Gasteiger partial charge on any atom is 0.0962 e. The molecule has 2 fully saturated rings. The van der Waals surface area contributed by atoms with E-state index in [4.69, 9.17) is 4.98 Å². The first-order valence-electron chi connectivity index (χ1n) is 8.63. The Morgan fingerprint density at radius 2 is 1.85 bits per heavy atom. The number of aryl methyl sites for hydroxylation is 1. The Kier molecular flexibility index (Phi) is 3.82. The van der Waals surface area contributed by atoms with Crippen LogP contribution in [0.5, 0.6) is 0 Å². The van der Waals surface area contributed by atoms with Gasteiger partial charge in [-0.3, -0.25) is 0 Å². The molecule has 3 aliphatic carbocycles.